The number of ether oxygens (including phenoxy) is 1. The van der Waals surface area contributed by atoms with E-state index in [1.54, 1.807) is 0 Å². The van der Waals surface area contributed by atoms with Crippen LogP contribution in [0, 0.1) is 0 Å². The van der Waals surface area contributed by atoms with Gasteiger partial charge in [-0.05, 0) is 18.9 Å². The average molecular weight is 329 g/mol. The van der Waals surface area contributed by atoms with Crippen molar-refractivity contribution in [2.75, 3.05) is 24.2 Å². The van der Waals surface area contributed by atoms with Crippen LogP contribution in [0.4, 0.5) is 24.7 Å². The van der Waals surface area contributed by atoms with E-state index < -0.39 is 12.1 Å². The van der Waals surface area contributed by atoms with E-state index in [2.05, 4.69) is 25.0 Å². The van der Waals surface area contributed by atoms with Crippen molar-refractivity contribution in [3.05, 3.63) is 18.2 Å². The minimum absolute atomic E-state index is 0.113. The number of hydrogen-bond donors (Lipinski definition) is 2. The molecule has 0 amide bonds. The molecule has 0 spiro atoms. The lowest BCUT2D eigenvalue weighted by Gasteiger charge is -2.12. The van der Waals surface area contributed by atoms with Crippen molar-refractivity contribution in [1.29, 1.82) is 0 Å². The Morgan fingerprint density at radius 1 is 1.39 bits per heavy atom. The number of hydrogen-bond acceptors (Lipinski definition) is 7. The Morgan fingerprint density at radius 2 is 2.22 bits per heavy atom. The Balaban J connectivity index is 1.72. The van der Waals surface area contributed by atoms with Gasteiger partial charge in [-0.1, -0.05) is 5.16 Å². The van der Waals surface area contributed by atoms with Gasteiger partial charge in [-0.2, -0.15) is 18.2 Å². The summed E-state index contributed by atoms with van der Waals surface area (Å²) in [5, 5.41) is 6.35. The first-order valence-electron chi connectivity index (χ1n) is 6.96. The minimum Gasteiger partial charge on any atom is -0.396 e. The van der Waals surface area contributed by atoms with Gasteiger partial charge in [0, 0.05) is 24.9 Å². The summed E-state index contributed by atoms with van der Waals surface area (Å²) in [4.78, 5) is 7.39. The second kappa shape index (κ2) is 6.03. The van der Waals surface area contributed by atoms with Gasteiger partial charge in [0.15, 0.2) is 0 Å². The maximum atomic E-state index is 12.5. The van der Waals surface area contributed by atoms with Crippen molar-refractivity contribution in [2.24, 2.45) is 0 Å². The molecule has 0 bridgehead atoms. The highest BCUT2D eigenvalue weighted by molar-refractivity contribution is 5.69. The Morgan fingerprint density at radius 3 is 2.83 bits per heavy atom. The van der Waals surface area contributed by atoms with Crippen LogP contribution < -0.4 is 11.1 Å². The van der Waals surface area contributed by atoms with E-state index in [4.69, 9.17) is 10.5 Å². The van der Waals surface area contributed by atoms with E-state index in [-0.39, 0.29) is 23.2 Å². The van der Waals surface area contributed by atoms with Crippen molar-refractivity contribution in [2.45, 2.75) is 25.1 Å². The van der Waals surface area contributed by atoms with Crippen LogP contribution in [0.25, 0.3) is 11.4 Å². The Bertz CT molecular complexity index is 682. The molecule has 1 aliphatic heterocycles. The van der Waals surface area contributed by atoms with E-state index in [1.807, 2.05) is 0 Å². The van der Waals surface area contributed by atoms with Gasteiger partial charge < -0.3 is 20.3 Å². The van der Waals surface area contributed by atoms with Crippen LogP contribution in [0.2, 0.25) is 0 Å². The third kappa shape index (κ3) is 3.52. The fourth-order valence-corrected chi connectivity index (χ4v) is 2.22. The summed E-state index contributed by atoms with van der Waals surface area (Å²) in [5.41, 5.74) is 6.38. The number of anilines is 2. The van der Waals surface area contributed by atoms with Gasteiger partial charge >= 0.3 is 12.1 Å². The zero-order chi connectivity index (χ0) is 16.4. The highest BCUT2D eigenvalue weighted by atomic mass is 19.4. The van der Waals surface area contributed by atoms with Crippen LogP contribution in [-0.4, -0.2) is 34.4 Å². The zero-order valence-electron chi connectivity index (χ0n) is 11.9. The molecule has 2 aromatic rings. The predicted octanol–water partition coefficient (Wildman–Crippen LogP) is 2.32. The fraction of sp³-hybridized carbons (Fsp3) is 0.462. The second-order valence-corrected chi connectivity index (χ2v) is 5.10. The van der Waals surface area contributed by atoms with Gasteiger partial charge in [0.05, 0.1) is 11.8 Å². The van der Waals surface area contributed by atoms with Crippen LogP contribution in [0.1, 0.15) is 18.7 Å². The molecule has 1 aliphatic rings. The van der Waals surface area contributed by atoms with Gasteiger partial charge in [-0.3, -0.25) is 0 Å². The molecule has 1 fully saturated rings. The lowest BCUT2D eigenvalue weighted by atomic mass is 10.2. The molecule has 1 atom stereocenters. The monoisotopic (exact) mass is 329 g/mol. The summed E-state index contributed by atoms with van der Waals surface area (Å²) in [6.07, 6.45) is -1.25. The number of halogens is 3. The Hall–Kier alpha value is -2.36. The van der Waals surface area contributed by atoms with E-state index in [0.29, 0.717) is 12.4 Å². The van der Waals surface area contributed by atoms with Crippen LogP contribution in [0.3, 0.4) is 0 Å². The SMILES string of the molecule is Nc1cc(-c2noc(C(F)(F)F)n2)cnc1NCC1CCCO1. The molecule has 0 aromatic carbocycles. The first kappa shape index (κ1) is 15.5. The van der Waals surface area contributed by atoms with Crippen LogP contribution in [0.15, 0.2) is 16.8 Å². The number of nitrogens with zero attached hydrogens (tertiary/aromatic N) is 3. The van der Waals surface area contributed by atoms with E-state index >= 15 is 0 Å². The summed E-state index contributed by atoms with van der Waals surface area (Å²) >= 11 is 0. The minimum atomic E-state index is -4.69. The highest BCUT2D eigenvalue weighted by Gasteiger charge is 2.38. The summed E-state index contributed by atoms with van der Waals surface area (Å²) in [5.74, 6) is -1.20. The van der Waals surface area contributed by atoms with Crippen LogP contribution >= 0.6 is 0 Å². The Labute approximate surface area is 129 Å². The smallest absolute Gasteiger partial charge is 0.396 e. The number of pyridine rings is 1. The van der Waals surface area contributed by atoms with Crippen LogP contribution in [0.5, 0.6) is 0 Å². The number of alkyl halides is 3. The van der Waals surface area contributed by atoms with Gasteiger partial charge in [-0.25, -0.2) is 4.98 Å². The quantitative estimate of drug-likeness (QED) is 0.888. The standard InChI is InChI=1S/C13H14F3N5O2/c14-13(15,16)12-20-10(21-23-12)7-4-9(17)11(18-5-7)19-6-8-2-1-3-22-8/h4-5,8H,1-3,6,17H2,(H,18,19). The number of nitrogens with two attached hydrogens (primary N) is 1. The molecule has 3 N–H and O–H groups in total. The molecule has 0 radical (unpaired) electrons. The van der Waals surface area contributed by atoms with Gasteiger partial charge in [0.2, 0.25) is 5.82 Å². The van der Waals surface area contributed by atoms with Crippen LogP contribution in [-0.2, 0) is 10.9 Å². The molecule has 7 nitrogen and oxygen atoms in total. The number of aromatic nitrogens is 3. The molecule has 0 saturated carbocycles. The van der Waals surface area contributed by atoms with Crippen molar-refractivity contribution in [3.8, 4) is 11.4 Å². The van der Waals surface area contributed by atoms with Gasteiger partial charge in [-0.15, -0.1) is 0 Å². The fourth-order valence-electron chi connectivity index (χ4n) is 2.22. The van der Waals surface area contributed by atoms with Gasteiger partial charge in [0.1, 0.15) is 5.82 Å². The molecular formula is C13H14F3N5O2. The largest absolute Gasteiger partial charge is 0.471 e. The van der Waals surface area contributed by atoms with Gasteiger partial charge in [0.25, 0.3) is 0 Å². The molecular weight excluding hydrogens is 315 g/mol. The molecule has 10 heteroatoms. The second-order valence-electron chi connectivity index (χ2n) is 5.10. The van der Waals surface area contributed by atoms with Crippen molar-refractivity contribution in [1.82, 2.24) is 15.1 Å². The molecule has 1 saturated heterocycles. The molecule has 3 heterocycles. The lowest BCUT2D eigenvalue weighted by molar-refractivity contribution is -0.159. The molecule has 124 valence electrons. The first-order valence-corrected chi connectivity index (χ1v) is 6.96. The first-order chi connectivity index (χ1) is 10.9. The summed E-state index contributed by atoms with van der Waals surface area (Å²) in [6, 6.07) is 1.44. The molecule has 1 unspecified atom stereocenters. The highest BCUT2D eigenvalue weighted by Crippen LogP contribution is 2.30. The van der Waals surface area contributed by atoms with Crippen molar-refractivity contribution < 1.29 is 22.4 Å². The van der Waals surface area contributed by atoms with Crippen molar-refractivity contribution >= 4 is 11.5 Å². The van der Waals surface area contributed by atoms with E-state index in [0.717, 1.165) is 19.4 Å². The lowest BCUT2D eigenvalue weighted by Crippen LogP contribution is -2.19. The average Bonchev–Trinajstić information content (AvgIpc) is 3.17. The predicted molar refractivity (Wildman–Crippen MR) is 74.4 cm³/mol. The number of rotatable bonds is 4. The maximum Gasteiger partial charge on any atom is 0.471 e. The normalized spacial score (nSPS) is 18.3. The molecule has 2 aromatic heterocycles. The number of nitrogen functional groups attached to an aromatic ring is 1. The third-order valence-electron chi connectivity index (χ3n) is 3.37. The number of nitrogens with one attached hydrogen (secondary N) is 1. The summed E-state index contributed by atoms with van der Waals surface area (Å²) in [6.45, 7) is 1.31. The zero-order valence-corrected chi connectivity index (χ0v) is 11.9. The van der Waals surface area contributed by atoms with E-state index in [1.165, 1.54) is 12.3 Å². The third-order valence-corrected chi connectivity index (χ3v) is 3.37. The maximum absolute atomic E-state index is 12.5. The summed E-state index contributed by atoms with van der Waals surface area (Å²) < 4.78 is 47.0. The van der Waals surface area contributed by atoms with E-state index in [9.17, 15) is 13.2 Å². The molecule has 0 aliphatic carbocycles. The van der Waals surface area contributed by atoms with Crippen molar-refractivity contribution in [3.63, 3.8) is 0 Å². The Kier molecular flexibility index (Phi) is 4.07. The summed E-state index contributed by atoms with van der Waals surface area (Å²) in [7, 11) is 0. The topological polar surface area (TPSA) is 99.1 Å². The molecule has 3 rings (SSSR count). The molecule has 23 heavy (non-hydrogen) atoms.